The van der Waals surface area contributed by atoms with E-state index in [1.54, 1.807) is 13.0 Å². The minimum absolute atomic E-state index is 0.0530. The molecule has 1 aromatic heterocycles. The molecule has 2 rings (SSSR count). The van der Waals surface area contributed by atoms with Crippen molar-refractivity contribution >= 4 is 22.9 Å². The molecule has 0 aliphatic rings. The molecule has 1 amide bonds. The van der Waals surface area contributed by atoms with Crippen LogP contribution in [0.1, 0.15) is 26.6 Å². The van der Waals surface area contributed by atoms with E-state index in [9.17, 15) is 14.9 Å². The van der Waals surface area contributed by atoms with Gasteiger partial charge in [-0.25, -0.2) is 4.98 Å². The summed E-state index contributed by atoms with van der Waals surface area (Å²) in [6.45, 7) is 3.77. The van der Waals surface area contributed by atoms with Crippen LogP contribution in [0.25, 0.3) is 0 Å². The number of carbonyl (C=O) groups excluding carboxylic acids is 1. The molecule has 0 unspecified atom stereocenters. The molecule has 0 atom stereocenters. The van der Waals surface area contributed by atoms with Crippen LogP contribution < -0.4 is 5.32 Å². The normalized spacial score (nSPS) is 10.3. The average Bonchev–Trinajstić information content (AvgIpc) is 2.81. The number of nitro benzene ring substituents is 1. The van der Waals surface area contributed by atoms with E-state index >= 15 is 0 Å². The number of thiazole rings is 1. The Labute approximate surface area is 119 Å². The number of nitro groups is 1. The number of amides is 1. The largest absolute Gasteiger partial charge is 0.346 e. The van der Waals surface area contributed by atoms with Crippen LogP contribution in [0, 0.1) is 24.0 Å². The van der Waals surface area contributed by atoms with E-state index in [0.717, 1.165) is 10.7 Å². The number of benzene rings is 1. The van der Waals surface area contributed by atoms with Gasteiger partial charge in [0.1, 0.15) is 5.01 Å². The lowest BCUT2D eigenvalue weighted by Crippen LogP contribution is -2.23. The second-order valence-corrected chi connectivity index (χ2v) is 5.21. The van der Waals surface area contributed by atoms with Crippen LogP contribution in [-0.2, 0) is 6.54 Å². The third-order valence-electron chi connectivity index (χ3n) is 2.81. The Bertz CT molecular complexity index is 667. The first-order valence-corrected chi connectivity index (χ1v) is 6.80. The van der Waals surface area contributed by atoms with Gasteiger partial charge in [-0.1, -0.05) is 6.07 Å². The fourth-order valence-corrected chi connectivity index (χ4v) is 2.51. The smallest absolute Gasteiger partial charge is 0.273 e. The molecule has 1 aromatic carbocycles. The minimum Gasteiger partial charge on any atom is -0.346 e. The molecular formula is C13H13N3O3S. The fourth-order valence-electron chi connectivity index (χ4n) is 1.80. The molecule has 0 spiro atoms. The topological polar surface area (TPSA) is 85.1 Å². The molecule has 104 valence electrons. The van der Waals surface area contributed by atoms with Gasteiger partial charge in [0.2, 0.25) is 0 Å². The number of hydrogen-bond donors (Lipinski definition) is 1. The van der Waals surface area contributed by atoms with Crippen molar-refractivity contribution in [1.29, 1.82) is 0 Å². The lowest BCUT2D eigenvalue weighted by atomic mass is 10.1. The van der Waals surface area contributed by atoms with Gasteiger partial charge in [-0.05, 0) is 19.9 Å². The average molecular weight is 291 g/mol. The Morgan fingerprint density at radius 2 is 2.20 bits per heavy atom. The van der Waals surface area contributed by atoms with Crippen molar-refractivity contribution in [3.63, 3.8) is 0 Å². The van der Waals surface area contributed by atoms with Crippen molar-refractivity contribution < 1.29 is 9.72 Å². The lowest BCUT2D eigenvalue weighted by molar-refractivity contribution is -0.385. The summed E-state index contributed by atoms with van der Waals surface area (Å²) < 4.78 is 0. The van der Waals surface area contributed by atoms with Crippen LogP contribution in [0.2, 0.25) is 0 Å². The molecule has 1 heterocycles. The standard InChI is InChI=1S/C13H13N3O3S/c1-8-7-20-12(15-8)6-14-13(17)10-4-3-5-11(9(10)2)16(18)19/h3-5,7H,6H2,1-2H3,(H,14,17). The molecule has 0 fully saturated rings. The second kappa shape index (κ2) is 5.79. The third kappa shape index (κ3) is 3.00. The van der Waals surface area contributed by atoms with Crippen molar-refractivity contribution in [2.75, 3.05) is 0 Å². The van der Waals surface area contributed by atoms with E-state index in [1.165, 1.54) is 23.5 Å². The molecule has 0 saturated heterocycles. The van der Waals surface area contributed by atoms with E-state index in [4.69, 9.17) is 0 Å². The summed E-state index contributed by atoms with van der Waals surface area (Å²) in [5, 5.41) is 16.3. The molecule has 0 aliphatic heterocycles. The van der Waals surface area contributed by atoms with Crippen molar-refractivity contribution in [2.24, 2.45) is 0 Å². The number of aryl methyl sites for hydroxylation is 1. The van der Waals surface area contributed by atoms with Crippen molar-refractivity contribution in [2.45, 2.75) is 20.4 Å². The Hall–Kier alpha value is -2.28. The Kier molecular flexibility index (Phi) is 4.09. The molecule has 0 saturated carbocycles. The van der Waals surface area contributed by atoms with E-state index in [-0.39, 0.29) is 11.6 Å². The van der Waals surface area contributed by atoms with Gasteiger partial charge in [-0.15, -0.1) is 11.3 Å². The highest BCUT2D eigenvalue weighted by atomic mass is 32.1. The third-order valence-corrected chi connectivity index (χ3v) is 3.78. The zero-order chi connectivity index (χ0) is 14.7. The first-order chi connectivity index (χ1) is 9.49. The zero-order valence-electron chi connectivity index (χ0n) is 11.0. The van der Waals surface area contributed by atoms with Crippen LogP contribution in [0.4, 0.5) is 5.69 Å². The number of nitrogens with zero attached hydrogens (tertiary/aromatic N) is 2. The monoisotopic (exact) mass is 291 g/mol. The van der Waals surface area contributed by atoms with E-state index in [2.05, 4.69) is 10.3 Å². The quantitative estimate of drug-likeness (QED) is 0.693. The van der Waals surface area contributed by atoms with Crippen molar-refractivity contribution in [3.05, 3.63) is 55.5 Å². The van der Waals surface area contributed by atoms with Crippen molar-refractivity contribution in [1.82, 2.24) is 10.3 Å². The van der Waals surface area contributed by atoms with Crippen LogP contribution in [0.15, 0.2) is 23.6 Å². The van der Waals surface area contributed by atoms with Crippen LogP contribution in [0.3, 0.4) is 0 Å². The number of hydrogen-bond acceptors (Lipinski definition) is 5. The molecule has 0 radical (unpaired) electrons. The molecule has 1 N–H and O–H groups in total. The summed E-state index contributed by atoms with van der Waals surface area (Å²) in [7, 11) is 0. The SMILES string of the molecule is Cc1csc(CNC(=O)c2cccc([N+](=O)[O-])c2C)n1. The highest BCUT2D eigenvalue weighted by molar-refractivity contribution is 7.09. The summed E-state index contributed by atoms with van der Waals surface area (Å²) in [6.07, 6.45) is 0. The van der Waals surface area contributed by atoms with Crippen LogP contribution in [-0.4, -0.2) is 15.8 Å². The van der Waals surface area contributed by atoms with Gasteiger partial charge in [0.05, 0.1) is 11.5 Å². The van der Waals surface area contributed by atoms with E-state index in [0.29, 0.717) is 17.7 Å². The molecule has 2 aromatic rings. The van der Waals surface area contributed by atoms with E-state index in [1.807, 2.05) is 12.3 Å². The Morgan fingerprint density at radius 3 is 2.80 bits per heavy atom. The molecular weight excluding hydrogens is 278 g/mol. The van der Waals surface area contributed by atoms with Gasteiger partial charge in [-0.3, -0.25) is 14.9 Å². The molecule has 0 bridgehead atoms. The Morgan fingerprint density at radius 1 is 1.45 bits per heavy atom. The first kappa shape index (κ1) is 14.1. The van der Waals surface area contributed by atoms with Crippen molar-refractivity contribution in [3.8, 4) is 0 Å². The van der Waals surface area contributed by atoms with Gasteiger partial charge < -0.3 is 5.32 Å². The van der Waals surface area contributed by atoms with Crippen LogP contribution in [0.5, 0.6) is 0 Å². The number of aromatic nitrogens is 1. The fraction of sp³-hybridized carbons (Fsp3) is 0.231. The molecule has 6 nitrogen and oxygen atoms in total. The maximum absolute atomic E-state index is 12.1. The summed E-state index contributed by atoms with van der Waals surface area (Å²) >= 11 is 1.46. The Balaban J connectivity index is 2.13. The predicted octanol–water partition coefficient (Wildman–Crippen LogP) is 2.60. The zero-order valence-corrected chi connectivity index (χ0v) is 11.9. The van der Waals surface area contributed by atoms with Gasteiger partial charge in [0.15, 0.2) is 0 Å². The molecule has 20 heavy (non-hydrogen) atoms. The summed E-state index contributed by atoms with van der Waals surface area (Å²) in [6, 6.07) is 4.47. The van der Waals surface area contributed by atoms with Gasteiger partial charge in [0, 0.05) is 28.3 Å². The van der Waals surface area contributed by atoms with Gasteiger partial charge in [-0.2, -0.15) is 0 Å². The maximum Gasteiger partial charge on any atom is 0.273 e. The summed E-state index contributed by atoms with van der Waals surface area (Å²) in [4.78, 5) is 26.7. The number of carbonyl (C=O) groups is 1. The van der Waals surface area contributed by atoms with Gasteiger partial charge in [0.25, 0.3) is 11.6 Å². The minimum atomic E-state index is -0.490. The molecule has 0 aliphatic carbocycles. The number of nitrogens with one attached hydrogen (secondary N) is 1. The second-order valence-electron chi connectivity index (χ2n) is 4.27. The summed E-state index contributed by atoms with van der Waals surface area (Å²) in [5.74, 6) is -0.334. The predicted molar refractivity (Wildman–Crippen MR) is 75.9 cm³/mol. The first-order valence-electron chi connectivity index (χ1n) is 5.92. The van der Waals surface area contributed by atoms with Gasteiger partial charge >= 0.3 is 0 Å². The lowest BCUT2D eigenvalue weighted by Gasteiger charge is -2.06. The molecule has 7 heteroatoms. The van der Waals surface area contributed by atoms with E-state index < -0.39 is 4.92 Å². The highest BCUT2D eigenvalue weighted by Crippen LogP contribution is 2.21. The number of rotatable bonds is 4. The maximum atomic E-state index is 12.1. The summed E-state index contributed by atoms with van der Waals surface area (Å²) in [5.41, 5.74) is 1.53. The van der Waals surface area contributed by atoms with Crippen LogP contribution >= 0.6 is 11.3 Å². The highest BCUT2D eigenvalue weighted by Gasteiger charge is 2.17.